The molecule has 1 aliphatic heterocycles. The average Bonchev–Trinajstić information content (AvgIpc) is 2.37. The first-order valence-electron chi connectivity index (χ1n) is 6.21. The SMILES string of the molecule is CNC(=O)c1cc(N2CCNCC2(C)C)ccn1. The molecule has 2 N–H and O–H groups in total. The van der Waals surface area contributed by atoms with Crippen LogP contribution in [-0.2, 0) is 0 Å². The molecule has 0 aliphatic carbocycles. The third kappa shape index (κ3) is 2.46. The van der Waals surface area contributed by atoms with Crippen LogP contribution in [0.25, 0.3) is 0 Å². The third-order valence-electron chi connectivity index (χ3n) is 3.32. The lowest BCUT2D eigenvalue weighted by Gasteiger charge is -2.44. The van der Waals surface area contributed by atoms with Crippen molar-refractivity contribution in [1.29, 1.82) is 0 Å². The third-order valence-corrected chi connectivity index (χ3v) is 3.32. The fraction of sp³-hybridized carbons (Fsp3) is 0.538. The second-order valence-electron chi connectivity index (χ2n) is 5.12. The minimum atomic E-state index is -0.148. The van der Waals surface area contributed by atoms with Gasteiger partial charge < -0.3 is 15.5 Å². The number of anilines is 1. The van der Waals surface area contributed by atoms with Crippen molar-refractivity contribution in [3.05, 3.63) is 24.0 Å². The number of aromatic nitrogens is 1. The summed E-state index contributed by atoms with van der Waals surface area (Å²) in [5, 5.41) is 5.99. The van der Waals surface area contributed by atoms with Crippen LogP contribution in [0.4, 0.5) is 5.69 Å². The normalized spacial score (nSPS) is 18.5. The van der Waals surface area contributed by atoms with Gasteiger partial charge in [-0.15, -0.1) is 0 Å². The van der Waals surface area contributed by atoms with Crippen molar-refractivity contribution in [3.8, 4) is 0 Å². The molecule has 2 rings (SSSR count). The van der Waals surface area contributed by atoms with E-state index >= 15 is 0 Å². The van der Waals surface area contributed by atoms with Gasteiger partial charge in [0.15, 0.2) is 0 Å². The molecule has 0 saturated carbocycles. The molecule has 0 atom stereocenters. The Labute approximate surface area is 108 Å². The number of hydrogen-bond donors (Lipinski definition) is 2. The number of carbonyl (C=O) groups is 1. The number of rotatable bonds is 2. The highest BCUT2D eigenvalue weighted by Crippen LogP contribution is 2.25. The van der Waals surface area contributed by atoms with E-state index in [1.165, 1.54) is 0 Å². The Morgan fingerprint density at radius 2 is 2.33 bits per heavy atom. The van der Waals surface area contributed by atoms with E-state index in [4.69, 9.17) is 0 Å². The van der Waals surface area contributed by atoms with Crippen LogP contribution < -0.4 is 15.5 Å². The molecule has 1 aromatic rings. The Balaban J connectivity index is 2.30. The van der Waals surface area contributed by atoms with Gasteiger partial charge in [0.25, 0.3) is 5.91 Å². The monoisotopic (exact) mass is 248 g/mol. The quantitative estimate of drug-likeness (QED) is 0.806. The van der Waals surface area contributed by atoms with Gasteiger partial charge in [-0.1, -0.05) is 0 Å². The zero-order valence-corrected chi connectivity index (χ0v) is 11.2. The molecule has 2 heterocycles. The highest BCUT2D eigenvalue weighted by atomic mass is 16.1. The van der Waals surface area contributed by atoms with Gasteiger partial charge in [0, 0.05) is 44.1 Å². The molecule has 0 unspecified atom stereocenters. The lowest BCUT2D eigenvalue weighted by atomic mass is 9.99. The maximum Gasteiger partial charge on any atom is 0.269 e. The molecular weight excluding hydrogens is 228 g/mol. The summed E-state index contributed by atoms with van der Waals surface area (Å²) in [6.45, 7) is 7.22. The lowest BCUT2D eigenvalue weighted by Crippen LogP contribution is -2.58. The van der Waals surface area contributed by atoms with Crippen molar-refractivity contribution in [2.45, 2.75) is 19.4 Å². The molecular formula is C13H20N4O. The molecule has 1 aliphatic rings. The molecule has 5 nitrogen and oxygen atoms in total. The number of nitrogens with one attached hydrogen (secondary N) is 2. The molecule has 0 aromatic carbocycles. The second-order valence-corrected chi connectivity index (χ2v) is 5.12. The van der Waals surface area contributed by atoms with Crippen LogP contribution in [0.1, 0.15) is 24.3 Å². The van der Waals surface area contributed by atoms with Gasteiger partial charge in [0.2, 0.25) is 0 Å². The molecule has 5 heteroatoms. The van der Waals surface area contributed by atoms with Gasteiger partial charge >= 0.3 is 0 Å². The minimum absolute atomic E-state index is 0.0412. The van der Waals surface area contributed by atoms with Crippen LogP contribution in [0.15, 0.2) is 18.3 Å². The molecule has 1 saturated heterocycles. The van der Waals surface area contributed by atoms with Crippen LogP contribution in [-0.4, -0.2) is 43.1 Å². The maximum atomic E-state index is 11.6. The minimum Gasteiger partial charge on any atom is -0.364 e. The highest BCUT2D eigenvalue weighted by molar-refractivity contribution is 5.92. The van der Waals surface area contributed by atoms with E-state index in [0.29, 0.717) is 5.69 Å². The Morgan fingerprint density at radius 1 is 1.56 bits per heavy atom. The predicted molar refractivity (Wildman–Crippen MR) is 71.9 cm³/mol. The van der Waals surface area contributed by atoms with Crippen molar-refractivity contribution in [2.75, 3.05) is 31.6 Å². The number of nitrogens with zero attached hydrogens (tertiary/aromatic N) is 2. The van der Waals surface area contributed by atoms with E-state index in [1.807, 2.05) is 12.1 Å². The Hall–Kier alpha value is -1.62. The van der Waals surface area contributed by atoms with Gasteiger partial charge in [-0.25, -0.2) is 0 Å². The topological polar surface area (TPSA) is 57.3 Å². The summed E-state index contributed by atoms with van der Waals surface area (Å²) >= 11 is 0. The molecule has 0 bridgehead atoms. The Bertz CT molecular complexity index is 444. The molecule has 0 radical (unpaired) electrons. The standard InChI is InChI=1S/C13H20N4O/c1-13(2)9-15-6-7-17(13)10-4-5-16-11(8-10)12(18)14-3/h4-5,8,15H,6-7,9H2,1-3H3,(H,14,18). The highest BCUT2D eigenvalue weighted by Gasteiger charge is 2.29. The van der Waals surface area contributed by atoms with E-state index < -0.39 is 0 Å². The Kier molecular flexibility index (Phi) is 3.52. The first-order chi connectivity index (χ1) is 8.54. The lowest BCUT2D eigenvalue weighted by molar-refractivity contribution is 0.0958. The van der Waals surface area contributed by atoms with Crippen molar-refractivity contribution < 1.29 is 4.79 Å². The van der Waals surface area contributed by atoms with Gasteiger partial charge in [0.1, 0.15) is 5.69 Å². The number of hydrogen-bond acceptors (Lipinski definition) is 4. The predicted octanol–water partition coefficient (Wildman–Crippen LogP) is 0.629. The summed E-state index contributed by atoms with van der Waals surface area (Å²) in [7, 11) is 1.62. The number of piperazine rings is 1. The summed E-state index contributed by atoms with van der Waals surface area (Å²) in [4.78, 5) is 18.0. The van der Waals surface area contributed by atoms with E-state index in [0.717, 1.165) is 25.3 Å². The molecule has 1 amide bonds. The van der Waals surface area contributed by atoms with Crippen molar-refractivity contribution in [1.82, 2.24) is 15.6 Å². The van der Waals surface area contributed by atoms with Gasteiger partial charge in [-0.05, 0) is 26.0 Å². The molecule has 1 aromatic heterocycles. The molecule has 0 spiro atoms. The smallest absolute Gasteiger partial charge is 0.269 e. The van der Waals surface area contributed by atoms with Crippen molar-refractivity contribution in [2.24, 2.45) is 0 Å². The summed E-state index contributed by atoms with van der Waals surface area (Å²) in [5.74, 6) is -0.148. The summed E-state index contributed by atoms with van der Waals surface area (Å²) in [6.07, 6.45) is 1.69. The average molecular weight is 248 g/mol. The second kappa shape index (κ2) is 4.94. The van der Waals surface area contributed by atoms with Gasteiger partial charge in [-0.2, -0.15) is 0 Å². The number of pyridine rings is 1. The number of carbonyl (C=O) groups excluding carboxylic acids is 1. The summed E-state index contributed by atoms with van der Waals surface area (Å²) < 4.78 is 0. The van der Waals surface area contributed by atoms with Crippen LogP contribution in [0, 0.1) is 0 Å². The number of amides is 1. The first kappa shape index (κ1) is 12.8. The largest absolute Gasteiger partial charge is 0.364 e. The van der Waals surface area contributed by atoms with E-state index in [1.54, 1.807) is 13.2 Å². The van der Waals surface area contributed by atoms with Crippen LogP contribution in [0.3, 0.4) is 0 Å². The zero-order chi connectivity index (χ0) is 13.2. The van der Waals surface area contributed by atoms with E-state index in [-0.39, 0.29) is 11.4 Å². The van der Waals surface area contributed by atoms with Crippen molar-refractivity contribution >= 4 is 11.6 Å². The molecule has 98 valence electrons. The summed E-state index contributed by atoms with van der Waals surface area (Å²) in [6, 6.07) is 3.81. The first-order valence-corrected chi connectivity index (χ1v) is 6.21. The zero-order valence-electron chi connectivity index (χ0n) is 11.2. The van der Waals surface area contributed by atoms with Crippen LogP contribution in [0.5, 0.6) is 0 Å². The van der Waals surface area contributed by atoms with Crippen LogP contribution >= 0.6 is 0 Å². The molecule has 18 heavy (non-hydrogen) atoms. The van der Waals surface area contributed by atoms with E-state index in [9.17, 15) is 4.79 Å². The van der Waals surface area contributed by atoms with Gasteiger partial charge in [0.05, 0.1) is 0 Å². The van der Waals surface area contributed by atoms with Crippen molar-refractivity contribution in [3.63, 3.8) is 0 Å². The van der Waals surface area contributed by atoms with Crippen LogP contribution in [0.2, 0.25) is 0 Å². The van der Waals surface area contributed by atoms with E-state index in [2.05, 4.69) is 34.4 Å². The summed E-state index contributed by atoms with van der Waals surface area (Å²) in [5.41, 5.74) is 1.55. The molecule has 1 fully saturated rings. The fourth-order valence-electron chi connectivity index (χ4n) is 2.30. The fourth-order valence-corrected chi connectivity index (χ4v) is 2.30. The maximum absolute atomic E-state index is 11.6. The Morgan fingerprint density at radius 3 is 3.00 bits per heavy atom. The van der Waals surface area contributed by atoms with Gasteiger partial charge in [-0.3, -0.25) is 9.78 Å².